The van der Waals surface area contributed by atoms with Crippen molar-refractivity contribution in [1.82, 2.24) is 4.57 Å². The predicted octanol–water partition coefficient (Wildman–Crippen LogP) is 8.69. The van der Waals surface area contributed by atoms with E-state index in [0.29, 0.717) is 47.1 Å². The molecule has 4 aromatic rings. The summed E-state index contributed by atoms with van der Waals surface area (Å²) in [5, 5.41) is 0.292. The van der Waals surface area contributed by atoms with Crippen LogP contribution < -0.4 is 24.5 Å². The van der Waals surface area contributed by atoms with Gasteiger partial charge >= 0.3 is 0 Å². The van der Waals surface area contributed by atoms with Crippen molar-refractivity contribution in [3.63, 3.8) is 0 Å². The van der Waals surface area contributed by atoms with E-state index in [0.717, 1.165) is 37.0 Å². The number of fused-ring (bicyclic) bond motifs is 4. The first-order valence-corrected chi connectivity index (χ1v) is 19.0. The highest BCUT2D eigenvalue weighted by molar-refractivity contribution is 6.07. The normalized spacial score (nSPS) is 18.1. The summed E-state index contributed by atoms with van der Waals surface area (Å²) in [6, 6.07) is 13.4. The monoisotopic (exact) mass is 716 g/mol. The average molecular weight is 717 g/mol. The summed E-state index contributed by atoms with van der Waals surface area (Å²) in [4.78, 5) is 29.2. The molecule has 3 aliphatic rings. The number of anilines is 1. The van der Waals surface area contributed by atoms with Crippen LogP contribution in [0, 0.1) is 17.6 Å². The molecule has 1 aromatic heterocycles. The molecule has 0 spiro atoms. The van der Waals surface area contributed by atoms with E-state index in [4.69, 9.17) is 14.2 Å². The molecule has 0 unspecified atom stereocenters. The van der Waals surface area contributed by atoms with Crippen molar-refractivity contribution in [2.75, 3.05) is 57.9 Å². The van der Waals surface area contributed by atoms with Crippen LogP contribution in [0.4, 0.5) is 14.5 Å². The molecule has 3 aliphatic heterocycles. The first-order valence-electron chi connectivity index (χ1n) is 19.0. The number of rotatable bonds is 17. The van der Waals surface area contributed by atoms with E-state index in [9.17, 15) is 18.4 Å². The second-order valence-corrected chi connectivity index (χ2v) is 14.3. The second-order valence-electron chi connectivity index (χ2n) is 14.3. The number of nitrogens with zero attached hydrogens (tertiary/aromatic N) is 3. The third kappa shape index (κ3) is 8.60. The van der Waals surface area contributed by atoms with Gasteiger partial charge in [-0.2, -0.15) is 0 Å². The van der Waals surface area contributed by atoms with Gasteiger partial charge in [0.2, 0.25) is 5.43 Å². The van der Waals surface area contributed by atoms with Crippen LogP contribution >= 0.6 is 0 Å². The van der Waals surface area contributed by atoms with Crippen LogP contribution in [0.1, 0.15) is 82.0 Å². The van der Waals surface area contributed by atoms with Gasteiger partial charge in [0.05, 0.1) is 57.7 Å². The smallest absolute Gasteiger partial charge is 0.263 e. The minimum absolute atomic E-state index is 0.0185. The van der Waals surface area contributed by atoms with E-state index < -0.39 is 23.0 Å². The Morgan fingerprint density at radius 3 is 2.17 bits per heavy atom. The molecule has 52 heavy (non-hydrogen) atoms. The van der Waals surface area contributed by atoms with Crippen molar-refractivity contribution in [2.45, 2.75) is 71.6 Å². The number of hydrogen-bond donors (Lipinski definition) is 0. The van der Waals surface area contributed by atoms with Crippen molar-refractivity contribution in [2.24, 2.45) is 5.92 Å². The summed E-state index contributed by atoms with van der Waals surface area (Å²) >= 11 is 0. The molecule has 0 atom stereocenters. The van der Waals surface area contributed by atoms with Crippen LogP contribution in [-0.2, 0) is 0 Å². The second kappa shape index (κ2) is 16.9. The van der Waals surface area contributed by atoms with Gasteiger partial charge in [-0.15, -0.1) is 0 Å². The maximum absolute atomic E-state index is 14.2. The first kappa shape index (κ1) is 37.3. The Morgan fingerprint density at radius 2 is 1.50 bits per heavy atom. The summed E-state index contributed by atoms with van der Waals surface area (Å²) < 4.78 is 49.0. The van der Waals surface area contributed by atoms with Crippen molar-refractivity contribution >= 4 is 22.5 Å². The SMILES string of the molecule is CCOc1cc(OC)cc(-n2cc(C(=O)N(CC)c3cc(F)cc(F)c3)c(=O)c3ccc(OCCCCCCCC[N+]45CCC(CC4)CC5)cc32)c1. The molecular weight excluding hydrogens is 664 g/mol. The van der Waals surface area contributed by atoms with Crippen LogP contribution in [0.5, 0.6) is 17.2 Å². The summed E-state index contributed by atoms with van der Waals surface area (Å²) in [6.45, 7) is 10.2. The average Bonchev–Trinajstić information content (AvgIpc) is 3.15. The summed E-state index contributed by atoms with van der Waals surface area (Å²) in [6.07, 6.45) is 12.9. The maximum Gasteiger partial charge on any atom is 0.263 e. The quantitative estimate of drug-likeness (QED) is 0.0808. The molecule has 0 N–H and O–H groups in total. The van der Waals surface area contributed by atoms with Crippen molar-refractivity contribution in [3.05, 3.63) is 88.2 Å². The number of unbranched alkanes of at least 4 members (excludes halogenated alkanes) is 5. The standard InChI is InChI=1S/C42H52F2N3O5/c1-4-45(33-23-31(43)22-32(44)24-33)42(49)39-29-46(34-25-36(50-3)27-37(26-34)51-5-2)40-28-35(12-13-38(40)41(39)48)52-21-11-9-7-6-8-10-17-47-18-14-30(15-19-47)16-20-47/h12-13,22-30H,4-11,14-21H2,1-3H3/q+1. The highest BCUT2D eigenvalue weighted by Gasteiger charge is 2.38. The molecule has 7 rings (SSSR count). The fourth-order valence-corrected chi connectivity index (χ4v) is 8.03. The van der Waals surface area contributed by atoms with Crippen LogP contribution in [-0.4, -0.2) is 68.0 Å². The van der Waals surface area contributed by atoms with Gasteiger partial charge in [0.1, 0.15) is 34.4 Å². The Hall–Kier alpha value is -4.44. The molecule has 0 aliphatic carbocycles. The van der Waals surface area contributed by atoms with E-state index in [1.54, 1.807) is 55.0 Å². The Kier molecular flexibility index (Phi) is 12.1. The number of methoxy groups -OCH3 is 1. The highest BCUT2D eigenvalue weighted by atomic mass is 19.1. The minimum atomic E-state index is -0.819. The molecular formula is C42H52F2N3O5+. The minimum Gasteiger partial charge on any atom is -0.497 e. The molecule has 10 heteroatoms. The largest absolute Gasteiger partial charge is 0.497 e. The number of amides is 1. The van der Waals surface area contributed by atoms with Crippen LogP contribution in [0.25, 0.3) is 16.6 Å². The zero-order valence-electron chi connectivity index (χ0n) is 30.8. The number of benzene rings is 3. The summed E-state index contributed by atoms with van der Waals surface area (Å²) in [5.74, 6) is 0.374. The van der Waals surface area contributed by atoms with Crippen LogP contribution in [0.3, 0.4) is 0 Å². The predicted molar refractivity (Wildman–Crippen MR) is 201 cm³/mol. The number of hydrogen-bond acceptors (Lipinski definition) is 5. The molecule has 2 bridgehead atoms. The van der Waals surface area contributed by atoms with Crippen LogP contribution in [0.15, 0.2) is 65.6 Å². The molecule has 3 aromatic carbocycles. The van der Waals surface area contributed by atoms with E-state index in [-0.39, 0.29) is 17.8 Å². The molecule has 278 valence electrons. The van der Waals surface area contributed by atoms with Gasteiger partial charge in [0, 0.05) is 54.1 Å². The zero-order chi connectivity index (χ0) is 36.7. The lowest BCUT2D eigenvalue weighted by molar-refractivity contribution is -0.942. The van der Waals surface area contributed by atoms with Gasteiger partial charge < -0.3 is 28.2 Å². The van der Waals surface area contributed by atoms with E-state index >= 15 is 0 Å². The lowest BCUT2D eigenvalue weighted by atomic mass is 9.85. The molecule has 0 saturated carbocycles. The van der Waals surface area contributed by atoms with Gasteiger partial charge in [-0.05, 0) is 82.6 Å². The topological polar surface area (TPSA) is 70.0 Å². The fraction of sp³-hybridized carbons (Fsp3) is 0.476. The first-order chi connectivity index (χ1) is 25.2. The Labute approximate surface area is 305 Å². The molecule has 1 amide bonds. The van der Waals surface area contributed by atoms with Crippen LogP contribution in [0.2, 0.25) is 0 Å². The van der Waals surface area contributed by atoms with Gasteiger partial charge in [-0.1, -0.05) is 19.3 Å². The van der Waals surface area contributed by atoms with Crippen molar-refractivity contribution < 1.29 is 32.3 Å². The van der Waals surface area contributed by atoms with Gasteiger partial charge in [0.15, 0.2) is 0 Å². The summed E-state index contributed by atoms with van der Waals surface area (Å²) in [5.41, 5.74) is 0.483. The van der Waals surface area contributed by atoms with Gasteiger partial charge in [0.25, 0.3) is 5.91 Å². The van der Waals surface area contributed by atoms with Crippen molar-refractivity contribution in [3.8, 4) is 22.9 Å². The number of ether oxygens (including phenoxy) is 3. The lowest BCUT2D eigenvalue weighted by Gasteiger charge is -2.49. The zero-order valence-corrected chi connectivity index (χ0v) is 30.8. The third-order valence-electron chi connectivity index (χ3n) is 10.9. The molecule has 8 nitrogen and oxygen atoms in total. The lowest BCUT2D eigenvalue weighted by Crippen LogP contribution is -2.58. The fourth-order valence-electron chi connectivity index (χ4n) is 8.03. The Morgan fingerprint density at radius 1 is 0.827 bits per heavy atom. The molecule has 0 radical (unpaired) electrons. The van der Waals surface area contributed by atoms with E-state index in [2.05, 4.69) is 0 Å². The van der Waals surface area contributed by atoms with Crippen molar-refractivity contribution in [1.29, 1.82) is 0 Å². The number of aromatic nitrogens is 1. The number of quaternary nitrogens is 1. The number of piperidine rings is 3. The number of pyridine rings is 1. The summed E-state index contributed by atoms with van der Waals surface area (Å²) in [7, 11) is 1.55. The van der Waals surface area contributed by atoms with E-state index in [1.165, 1.54) is 86.7 Å². The number of carbonyl (C=O) groups is 1. The molecule has 3 fully saturated rings. The van der Waals surface area contributed by atoms with E-state index in [1.807, 2.05) is 6.92 Å². The van der Waals surface area contributed by atoms with Gasteiger partial charge in [-0.3, -0.25) is 9.59 Å². The van der Waals surface area contributed by atoms with Gasteiger partial charge in [-0.25, -0.2) is 8.78 Å². The highest BCUT2D eigenvalue weighted by Crippen LogP contribution is 2.34. The Balaban J connectivity index is 1.19. The molecule has 3 saturated heterocycles. The Bertz CT molecular complexity index is 1890. The number of halogens is 2. The third-order valence-corrected chi connectivity index (χ3v) is 10.9. The maximum atomic E-state index is 14.2. The number of carbonyl (C=O) groups excluding carboxylic acids is 1. The molecule has 4 heterocycles.